The molecule has 0 bridgehead atoms. The van der Waals surface area contributed by atoms with E-state index in [-0.39, 0.29) is 24.4 Å². The summed E-state index contributed by atoms with van der Waals surface area (Å²) in [5.41, 5.74) is 4.04. The zero-order valence-corrected chi connectivity index (χ0v) is 28.5. The summed E-state index contributed by atoms with van der Waals surface area (Å²) in [5.74, 6) is -0.362. The predicted molar refractivity (Wildman–Crippen MR) is 182 cm³/mol. The first-order chi connectivity index (χ1) is 22.0. The van der Waals surface area contributed by atoms with E-state index in [2.05, 4.69) is 21.6 Å². The summed E-state index contributed by atoms with van der Waals surface area (Å²) >= 11 is 12.7. The Balaban J connectivity index is 1.31. The number of likely N-dealkylation sites (N-methyl/N-ethyl adjacent to an activating group) is 1. The van der Waals surface area contributed by atoms with Crippen molar-refractivity contribution >= 4 is 45.0 Å². The molecule has 2 aliphatic heterocycles. The molecule has 1 saturated heterocycles. The Hall–Kier alpha value is -2.99. The summed E-state index contributed by atoms with van der Waals surface area (Å²) in [4.78, 5) is 31.6. The highest BCUT2D eigenvalue weighted by Crippen LogP contribution is 2.30. The molecule has 0 aromatic heterocycles. The van der Waals surface area contributed by atoms with Crippen LogP contribution in [-0.4, -0.2) is 91.9 Å². The highest BCUT2D eigenvalue weighted by molar-refractivity contribution is 7.88. The van der Waals surface area contributed by atoms with Gasteiger partial charge in [0.1, 0.15) is 6.04 Å². The van der Waals surface area contributed by atoms with Gasteiger partial charge in [0.15, 0.2) is 0 Å². The fraction of sp³-hybridized carbons (Fsp3) is 0.412. The Labute approximate surface area is 281 Å². The summed E-state index contributed by atoms with van der Waals surface area (Å²) in [6.07, 6.45) is 2.09. The van der Waals surface area contributed by atoms with Gasteiger partial charge in [0.25, 0.3) is 0 Å². The lowest BCUT2D eigenvalue weighted by Crippen LogP contribution is -2.58. The minimum Gasteiger partial charge on any atom is -0.343 e. The summed E-state index contributed by atoms with van der Waals surface area (Å²) < 4.78 is 26.5. The average Bonchev–Trinajstić information content (AvgIpc) is 3.05. The second-order valence-electron chi connectivity index (χ2n) is 11.9. The molecule has 0 aliphatic carbocycles. The van der Waals surface area contributed by atoms with Crippen molar-refractivity contribution in [3.8, 4) is 0 Å². The van der Waals surface area contributed by atoms with Gasteiger partial charge in [0.2, 0.25) is 21.8 Å². The number of benzene rings is 3. The van der Waals surface area contributed by atoms with Gasteiger partial charge < -0.3 is 15.5 Å². The smallest absolute Gasteiger partial charge is 0.245 e. The molecule has 5 rings (SSSR count). The molecular weight excluding hydrogens is 645 g/mol. The van der Waals surface area contributed by atoms with Crippen LogP contribution in [0.15, 0.2) is 72.8 Å². The number of carbonyl (C=O) groups is 2. The van der Waals surface area contributed by atoms with Gasteiger partial charge in [-0.2, -0.15) is 0 Å². The van der Waals surface area contributed by atoms with Crippen LogP contribution in [-0.2, 0) is 39.0 Å². The highest BCUT2D eigenvalue weighted by Gasteiger charge is 2.35. The van der Waals surface area contributed by atoms with Crippen molar-refractivity contribution in [1.29, 1.82) is 0 Å². The van der Waals surface area contributed by atoms with Gasteiger partial charge in [0.05, 0.1) is 18.3 Å². The van der Waals surface area contributed by atoms with Crippen molar-refractivity contribution in [2.75, 3.05) is 45.5 Å². The molecule has 1 fully saturated rings. The number of halogens is 2. The molecule has 0 radical (unpaired) electrons. The van der Waals surface area contributed by atoms with Crippen LogP contribution >= 0.6 is 23.2 Å². The SMILES string of the molecule is CCN(CC(c1ccccc1Cl)N1CCN(C(=O)[C@@H](Cc2ccc(Cl)cc2)NC(=O)[C@H]2Cc3ccccc3CN2)CC1)S(C)(=O)=O. The molecule has 2 aliphatic rings. The van der Waals surface area contributed by atoms with Gasteiger partial charge in [-0.3, -0.25) is 14.5 Å². The molecule has 2 heterocycles. The van der Waals surface area contributed by atoms with Crippen LogP contribution in [0.3, 0.4) is 0 Å². The van der Waals surface area contributed by atoms with Crippen molar-refractivity contribution in [3.63, 3.8) is 0 Å². The number of fused-ring (bicyclic) bond motifs is 1. The Morgan fingerprint density at radius 2 is 1.61 bits per heavy atom. The lowest BCUT2D eigenvalue weighted by atomic mass is 9.95. The van der Waals surface area contributed by atoms with Crippen molar-refractivity contribution in [3.05, 3.63) is 105 Å². The van der Waals surface area contributed by atoms with E-state index in [1.807, 2.05) is 61.5 Å². The maximum atomic E-state index is 14.1. The number of piperazine rings is 1. The van der Waals surface area contributed by atoms with Gasteiger partial charge in [-0.05, 0) is 46.9 Å². The third-order valence-corrected chi connectivity index (χ3v) is 10.8. The van der Waals surface area contributed by atoms with Crippen LogP contribution in [0, 0.1) is 0 Å². The molecule has 1 unspecified atom stereocenters. The first kappa shape index (κ1) is 34.3. The van der Waals surface area contributed by atoms with E-state index in [1.54, 1.807) is 17.0 Å². The molecule has 9 nitrogen and oxygen atoms in total. The van der Waals surface area contributed by atoms with Gasteiger partial charge in [-0.25, -0.2) is 12.7 Å². The number of rotatable bonds is 11. The average molecular weight is 687 g/mol. The third-order valence-electron chi connectivity index (χ3n) is 8.89. The van der Waals surface area contributed by atoms with Crippen LogP contribution in [0.5, 0.6) is 0 Å². The molecule has 0 spiro atoms. The Morgan fingerprint density at radius 3 is 2.26 bits per heavy atom. The molecular formula is C34H41Cl2N5O4S. The van der Waals surface area contributed by atoms with E-state index in [0.717, 1.165) is 16.7 Å². The number of carbonyl (C=O) groups excluding carboxylic acids is 2. The van der Waals surface area contributed by atoms with E-state index < -0.39 is 22.1 Å². The molecule has 2 N–H and O–H groups in total. The summed E-state index contributed by atoms with van der Waals surface area (Å²) in [7, 11) is -3.43. The molecule has 246 valence electrons. The van der Waals surface area contributed by atoms with Crippen LogP contribution in [0.2, 0.25) is 10.0 Å². The molecule has 3 atom stereocenters. The number of hydrogen-bond acceptors (Lipinski definition) is 6. The first-order valence-electron chi connectivity index (χ1n) is 15.6. The summed E-state index contributed by atoms with van der Waals surface area (Å²) in [6.45, 7) is 4.88. The predicted octanol–water partition coefficient (Wildman–Crippen LogP) is 3.90. The Morgan fingerprint density at radius 1 is 0.957 bits per heavy atom. The number of hydrogen-bond donors (Lipinski definition) is 2. The van der Waals surface area contributed by atoms with E-state index in [4.69, 9.17) is 23.2 Å². The van der Waals surface area contributed by atoms with Crippen LogP contribution in [0.25, 0.3) is 0 Å². The molecule has 3 aromatic carbocycles. The second kappa shape index (κ2) is 15.3. The van der Waals surface area contributed by atoms with E-state index in [1.165, 1.54) is 16.1 Å². The standard InChI is InChI=1S/C34H41Cl2N5O4S/c1-3-41(46(2,44)45)23-32(28-10-6-7-11-29(28)36)39-16-18-40(19-17-39)34(43)31(20-24-12-14-27(35)15-13-24)38-33(42)30-21-25-8-4-5-9-26(25)22-37-30/h4-15,30-32,37H,3,16-23H2,1-2H3,(H,38,42)/t30-,31-,32?/m1/s1. The minimum absolute atomic E-state index is 0.153. The van der Waals surface area contributed by atoms with Gasteiger partial charge in [-0.1, -0.05) is 84.7 Å². The number of nitrogens with zero attached hydrogens (tertiary/aromatic N) is 3. The van der Waals surface area contributed by atoms with Crippen molar-refractivity contribution in [1.82, 2.24) is 24.7 Å². The zero-order valence-electron chi connectivity index (χ0n) is 26.2. The monoisotopic (exact) mass is 685 g/mol. The highest BCUT2D eigenvalue weighted by atomic mass is 35.5. The summed E-state index contributed by atoms with van der Waals surface area (Å²) in [6, 6.07) is 21.4. The Kier molecular flexibility index (Phi) is 11.4. The van der Waals surface area contributed by atoms with Crippen molar-refractivity contribution in [2.45, 2.75) is 44.4 Å². The van der Waals surface area contributed by atoms with Crippen LogP contribution < -0.4 is 10.6 Å². The molecule has 12 heteroatoms. The van der Waals surface area contributed by atoms with E-state index in [9.17, 15) is 18.0 Å². The fourth-order valence-electron chi connectivity index (χ4n) is 6.29. The molecule has 0 saturated carbocycles. The maximum Gasteiger partial charge on any atom is 0.245 e. The van der Waals surface area contributed by atoms with Gasteiger partial charge >= 0.3 is 0 Å². The van der Waals surface area contributed by atoms with Crippen LogP contribution in [0.4, 0.5) is 0 Å². The molecule has 46 heavy (non-hydrogen) atoms. The second-order valence-corrected chi connectivity index (χ2v) is 14.7. The lowest BCUT2D eigenvalue weighted by molar-refractivity contribution is -0.138. The first-order valence-corrected chi connectivity index (χ1v) is 18.2. The van der Waals surface area contributed by atoms with Crippen molar-refractivity contribution in [2.24, 2.45) is 0 Å². The topological polar surface area (TPSA) is 102 Å². The molecule has 2 amide bonds. The normalized spacial score (nSPS) is 18.5. The van der Waals surface area contributed by atoms with E-state index >= 15 is 0 Å². The number of amides is 2. The lowest BCUT2D eigenvalue weighted by Gasteiger charge is -2.42. The number of nitrogens with one attached hydrogen (secondary N) is 2. The number of sulfonamides is 1. The third kappa shape index (κ3) is 8.48. The fourth-order valence-corrected chi connectivity index (χ4v) is 7.56. The molecule has 3 aromatic rings. The van der Waals surface area contributed by atoms with Crippen LogP contribution in [0.1, 0.15) is 35.2 Å². The maximum absolute atomic E-state index is 14.1. The summed E-state index contributed by atoms with van der Waals surface area (Å²) in [5, 5.41) is 7.56. The van der Waals surface area contributed by atoms with Crippen molar-refractivity contribution < 1.29 is 18.0 Å². The minimum atomic E-state index is -3.43. The Bertz CT molecular complexity index is 1630. The zero-order chi connectivity index (χ0) is 32.8. The van der Waals surface area contributed by atoms with Gasteiger partial charge in [-0.15, -0.1) is 0 Å². The van der Waals surface area contributed by atoms with Gasteiger partial charge in [0, 0.05) is 62.3 Å². The quantitative estimate of drug-likeness (QED) is 0.318. The largest absolute Gasteiger partial charge is 0.343 e. The van der Waals surface area contributed by atoms with E-state index in [0.29, 0.717) is 62.2 Å².